The first-order valence-electron chi connectivity index (χ1n) is 9.51. The van der Waals surface area contributed by atoms with Crippen molar-refractivity contribution >= 4 is 16.0 Å². The number of aliphatic imine (C=N–C) groups is 1. The quantitative estimate of drug-likeness (QED) is 0.539. The average molecular weight is 397 g/mol. The number of benzene rings is 1. The van der Waals surface area contributed by atoms with Gasteiger partial charge in [0.2, 0.25) is 10.0 Å². The van der Waals surface area contributed by atoms with E-state index in [2.05, 4.69) is 28.6 Å². The fraction of sp³-hybridized carbons (Fsp3) is 0.632. The van der Waals surface area contributed by atoms with Gasteiger partial charge >= 0.3 is 0 Å². The van der Waals surface area contributed by atoms with E-state index in [1.165, 1.54) is 9.87 Å². The highest BCUT2D eigenvalue weighted by molar-refractivity contribution is 7.89. The molecule has 0 saturated carbocycles. The second-order valence-corrected chi connectivity index (χ2v) is 9.03. The van der Waals surface area contributed by atoms with Gasteiger partial charge in [0.15, 0.2) is 5.96 Å². The number of guanidine groups is 1. The Morgan fingerprint density at radius 3 is 2.52 bits per heavy atom. The summed E-state index contributed by atoms with van der Waals surface area (Å²) >= 11 is 0. The van der Waals surface area contributed by atoms with Crippen molar-refractivity contribution in [3.8, 4) is 0 Å². The summed E-state index contributed by atoms with van der Waals surface area (Å²) in [7, 11) is -3.33. The Bertz CT molecular complexity index is 726. The molecule has 27 heavy (non-hydrogen) atoms. The number of hydrogen-bond donors (Lipinski definition) is 2. The largest absolute Gasteiger partial charge is 0.373 e. The predicted molar refractivity (Wildman–Crippen MR) is 109 cm³/mol. The molecule has 0 amide bonds. The van der Waals surface area contributed by atoms with Crippen molar-refractivity contribution in [2.75, 3.05) is 31.9 Å². The molecule has 0 spiro atoms. The van der Waals surface area contributed by atoms with Crippen LogP contribution >= 0.6 is 0 Å². The molecule has 0 aromatic heterocycles. The van der Waals surface area contributed by atoms with Crippen LogP contribution in [0.3, 0.4) is 0 Å². The van der Waals surface area contributed by atoms with Gasteiger partial charge < -0.3 is 15.4 Å². The first-order chi connectivity index (χ1) is 12.8. The van der Waals surface area contributed by atoms with Gasteiger partial charge in [-0.3, -0.25) is 0 Å². The molecule has 1 aliphatic rings. The normalized spacial score (nSPS) is 21.9. The van der Waals surface area contributed by atoms with Crippen LogP contribution in [0.25, 0.3) is 0 Å². The van der Waals surface area contributed by atoms with Crippen LogP contribution in [0, 0.1) is 6.92 Å². The summed E-state index contributed by atoms with van der Waals surface area (Å²) in [6.45, 7) is 10.2. The van der Waals surface area contributed by atoms with E-state index < -0.39 is 10.0 Å². The van der Waals surface area contributed by atoms with E-state index in [0.717, 1.165) is 5.56 Å². The Hall–Kier alpha value is -1.64. The van der Waals surface area contributed by atoms with Gasteiger partial charge in [-0.1, -0.05) is 24.3 Å². The fourth-order valence-corrected chi connectivity index (χ4v) is 4.57. The van der Waals surface area contributed by atoms with Crippen LogP contribution in [-0.4, -0.2) is 62.8 Å². The predicted octanol–water partition coefficient (Wildman–Crippen LogP) is 1.49. The molecule has 1 aliphatic heterocycles. The van der Waals surface area contributed by atoms with Gasteiger partial charge in [-0.25, -0.2) is 13.4 Å². The zero-order chi connectivity index (χ0) is 19.9. The number of hydrogen-bond acceptors (Lipinski definition) is 4. The molecule has 2 rings (SSSR count). The summed E-state index contributed by atoms with van der Waals surface area (Å²) in [6, 6.07) is 8.11. The summed E-state index contributed by atoms with van der Waals surface area (Å²) < 4.78 is 32.4. The Morgan fingerprint density at radius 2 is 1.89 bits per heavy atom. The Labute approximate surface area is 163 Å². The third-order valence-corrected chi connectivity index (χ3v) is 6.25. The molecule has 0 radical (unpaired) electrons. The number of sulfonamides is 1. The second kappa shape index (κ2) is 10.1. The van der Waals surface area contributed by atoms with Crippen molar-refractivity contribution in [1.29, 1.82) is 0 Å². The minimum Gasteiger partial charge on any atom is -0.373 e. The van der Waals surface area contributed by atoms with Crippen LogP contribution in [0.4, 0.5) is 0 Å². The van der Waals surface area contributed by atoms with Gasteiger partial charge in [-0.15, -0.1) is 0 Å². The monoisotopic (exact) mass is 396 g/mol. The topological polar surface area (TPSA) is 83.0 Å². The van der Waals surface area contributed by atoms with Crippen LogP contribution in [0.15, 0.2) is 29.3 Å². The van der Waals surface area contributed by atoms with E-state index in [1.807, 2.05) is 39.0 Å². The standard InChI is InChI=1S/C19H32N4O3S/c1-5-20-19(22-12-18-9-7-6-8-15(18)2)21-10-11-27(24,25)23-13-16(3)26-17(4)14-23/h6-9,16-17H,5,10-14H2,1-4H3,(H2,20,21,22). The molecule has 152 valence electrons. The molecule has 1 aromatic carbocycles. The zero-order valence-corrected chi connectivity index (χ0v) is 17.6. The lowest BCUT2D eigenvalue weighted by Gasteiger charge is -2.34. The van der Waals surface area contributed by atoms with E-state index in [9.17, 15) is 8.42 Å². The zero-order valence-electron chi connectivity index (χ0n) is 16.7. The molecule has 2 atom stereocenters. The Morgan fingerprint density at radius 1 is 1.22 bits per heavy atom. The van der Waals surface area contributed by atoms with Crippen molar-refractivity contribution in [2.45, 2.75) is 46.4 Å². The van der Waals surface area contributed by atoms with Gasteiger partial charge in [0.25, 0.3) is 0 Å². The van der Waals surface area contributed by atoms with Crippen LogP contribution in [0.1, 0.15) is 31.9 Å². The Balaban J connectivity index is 1.91. The van der Waals surface area contributed by atoms with Gasteiger partial charge in [0.05, 0.1) is 24.5 Å². The number of aryl methyl sites for hydroxylation is 1. The smallest absolute Gasteiger partial charge is 0.216 e. The summed E-state index contributed by atoms with van der Waals surface area (Å²) in [5.41, 5.74) is 2.34. The lowest BCUT2D eigenvalue weighted by Crippen LogP contribution is -2.50. The van der Waals surface area contributed by atoms with Gasteiger partial charge in [-0.2, -0.15) is 4.31 Å². The van der Waals surface area contributed by atoms with E-state index in [-0.39, 0.29) is 18.0 Å². The van der Waals surface area contributed by atoms with Gasteiger partial charge in [0, 0.05) is 26.2 Å². The summed E-state index contributed by atoms with van der Waals surface area (Å²) in [5, 5.41) is 6.29. The third kappa shape index (κ3) is 6.79. The molecule has 2 unspecified atom stereocenters. The van der Waals surface area contributed by atoms with E-state index in [4.69, 9.17) is 4.74 Å². The van der Waals surface area contributed by atoms with Crippen LogP contribution in [0.5, 0.6) is 0 Å². The van der Waals surface area contributed by atoms with E-state index in [1.54, 1.807) is 0 Å². The molecule has 0 bridgehead atoms. The molecule has 1 saturated heterocycles. The highest BCUT2D eigenvalue weighted by Crippen LogP contribution is 2.14. The van der Waals surface area contributed by atoms with Crippen LogP contribution in [0.2, 0.25) is 0 Å². The average Bonchev–Trinajstić information content (AvgIpc) is 2.60. The first kappa shape index (κ1) is 21.7. The Kier molecular flexibility index (Phi) is 8.07. The summed E-state index contributed by atoms with van der Waals surface area (Å²) in [6.07, 6.45) is -0.158. The second-order valence-electron chi connectivity index (χ2n) is 6.94. The minimum atomic E-state index is -3.33. The number of ether oxygens (including phenoxy) is 1. The summed E-state index contributed by atoms with van der Waals surface area (Å²) in [4.78, 5) is 4.57. The van der Waals surface area contributed by atoms with E-state index in [0.29, 0.717) is 38.7 Å². The molecule has 1 aromatic rings. The SMILES string of the molecule is CCNC(=NCc1ccccc1C)NCCS(=O)(=O)N1CC(C)OC(C)C1. The lowest BCUT2D eigenvalue weighted by molar-refractivity contribution is -0.0440. The number of nitrogens with one attached hydrogen (secondary N) is 2. The summed E-state index contributed by atoms with van der Waals surface area (Å²) in [5.74, 6) is 0.654. The maximum atomic E-state index is 12.6. The molecular formula is C19H32N4O3S. The maximum absolute atomic E-state index is 12.6. The van der Waals surface area contributed by atoms with Gasteiger partial charge in [-0.05, 0) is 38.8 Å². The van der Waals surface area contributed by atoms with E-state index >= 15 is 0 Å². The highest BCUT2D eigenvalue weighted by atomic mass is 32.2. The lowest BCUT2D eigenvalue weighted by atomic mass is 10.1. The number of rotatable bonds is 7. The van der Waals surface area contributed by atoms with Gasteiger partial charge in [0.1, 0.15) is 0 Å². The molecule has 2 N–H and O–H groups in total. The highest BCUT2D eigenvalue weighted by Gasteiger charge is 2.30. The van der Waals surface area contributed by atoms with Crippen LogP contribution in [-0.2, 0) is 21.3 Å². The molecule has 1 heterocycles. The van der Waals surface area contributed by atoms with Crippen molar-refractivity contribution in [3.05, 3.63) is 35.4 Å². The first-order valence-corrected chi connectivity index (χ1v) is 11.1. The van der Waals surface area contributed by atoms with Crippen LogP contribution < -0.4 is 10.6 Å². The van der Waals surface area contributed by atoms with Crippen molar-refractivity contribution in [3.63, 3.8) is 0 Å². The minimum absolute atomic E-state index is 0.0290. The fourth-order valence-electron chi connectivity index (χ4n) is 3.08. The molecule has 8 heteroatoms. The molecule has 1 fully saturated rings. The molecule has 0 aliphatic carbocycles. The molecule has 7 nitrogen and oxygen atoms in total. The molecular weight excluding hydrogens is 364 g/mol. The third-order valence-electron chi connectivity index (χ3n) is 4.44. The number of morpholine rings is 1. The number of nitrogens with zero attached hydrogens (tertiary/aromatic N) is 2. The van der Waals surface area contributed by atoms with Crippen molar-refractivity contribution in [1.82, 2.24) is 14.9 Å². The van der Waals surface area contributed by atoms with Crippen molar-refractivity contribution < 1.29 is 13.2 Å². The maximum Gasteiger partial charge on any atom is 0.216 e. The van der Waals surface area contributed by atoms with Crippen molar-refractivity contribution in [2.24, 2.45) is 4.99 Å².